The monoisotopic (exact) mass is 473 g/mol. The van der Waals surface area contributed by atoms with E-state index in [0.717, 1.165) is 0 Å². The number of amides is 3. The zero-order valence-corrected chi connectivity index (χ0v) is 19.3. The van der Waals surface area contributed by atoms with E-state index >= 15 is 0 Å². The summed E-state index contributed by atoms with van der Waals surface area (Å²) < 4.78 is 16.0. The third-order valence-corrected chi connectivity index (χ3v) is 5.18. The largest absolute Gasteiger partial charge is 0.493 e. The predicted molar refractivity (Wildman–Crippen MR) is 123 cm³/mol. The van der Waals surface area contributed by atoms with Gasteiger partial charge in [-0.1, -0.05) is 23.7 Å². The molecule has 0 bridgehead atoms. The van der Waals surface area contributed by atoms with Crippen molar-refractivity contribution in [2.24, 2.45) is 0 Å². The van der Waals surface area contributed by atoms with Crippen LogP contribution in [-0.2, 0) is 9.53 Å². The van der Waals surface area contributed by atoms with Crippen molar-refractivity contribution in [3.8, 4) is 11.5 Å². The molecule has 0 fully saturated rings. The molecule has 1 heterocycles. The quantitative estimate of drug-likeness (QED) is 0.527. The lowest BCUT2D eigenvalue weighted by atomic mass is 9.93. The SMILES string of the molecule is CCOc1c(OC)cc(Cl)cc1[C@@H]1NC(=O)NC(C)=C1C(=O)Nc1ccccc1C(=O)OC. The number of para-hydroxylation sites is 1. The highest BCUT2D eigenvalue weighted by Crippen LogP contribution is 2.41. The van der Waals surface area contributed by atoms with Crippen molar-refractivity contribution in [1.29, 1.82) is 0 Å². The molecule has 3 N–H and O–H groups in total. The Kier molecular flexibility index (Phi) is 7.44. The number of carbonyl (C=O) groups excluding carboxylic acids is 3. The van der Waals surface area contributed by atoms with Crippen LogP contribution in [0.2, 0.25) is 5.02 Å². The van der Waals surface area contributed by atoms with Gasteiger partial charge in [-0.25, -0.2) is 9.59 Å². The van der Waals surface area contributed by atoms with E-state index < -0.39 is 23.9 Å². The van der Waals surface area contributed by atoms with Gasteiger partial charge >= 0.3 is 12.0 Å². The van der Waals surface area contributed by atoms with Crippen LogP contribution in [0.5, 0.6) is 11.5 Å². The van der Waals surface area contributed by atoms with Crippen molar-refractivity contribution in [2.75, 3.05) is 26.1 Å². The van der Waals surface area contributed by atoms with Crippen molar-refractivity contribution in [1.82, 2.24) is 10.6 Å². The summed E-state index contributed by atoms with van der Waals surface area (Å²) in [5, 5.41) is 8.44. The average molecular weight is 474 g/mol. The summed E-state index contributed by atoms with van der Waals surface area (Å²) in [7, 11) is 2.73. The van der Waals surface area contributed by atoms with Crippen LogP contribution in [0.25, 0.3) is 0 Å². The van der Waals surface area contributed by atoms with E-state index in [9.17, 15) is 14.4 Å². The van der Waals surface area contributed by atoms with Crippen LogP contribution >= 0.6 is 11.6 Å². The summed E-state index contributed by atoms with van der Waals surface area (Å²) in [6.45, 7) is 3.73. The fourth-order valence-corrected chi connectivity index (χ4v) is 3.77. The van der Waals surface area contributed by atoms with Crippen LogP contribution in [0, 0.1) is 0 Å². The van der Waals surface area contributed by atoms with E-state index in [1.807, 2.05) is 0 Å². The molecule has 0 unspecified atom stereocenters. The number of allylic oxidation sites excluding steroid dienone is 1. The maximum atomic E-state index is 13.4. The second-order valence-corrected chi connectivity index (χ2v) is 7.46. The molecule has 0 saturated carbocycles. The molecule has 0 saturated heterocycles. The molecule has 1 aliphatic rings. The number of ether oxygens (including phenoxy) is 3. The molecule has 10 heteroatoms. The summed E-state index contributed by atoms with van der Waals surface area (Å²) in [6.07, 6.45) is 0. The maximum absolute atomic E-state index is 13.4. The number of methoxy groups -OCH3 is 2. The lowest BCUT2D eigenvalue weighted by molar-refractivity contribution is -0.113. The van der Waals surface area contributed by atoms with E-state index in [0.29, 0.717) is 34.4 Å². The van der Waals surface area contributed by atoms with Crippen molar-refractivity contribution >= 4 is 35.2 Å². The van der Waals surface area contributed by atoms with Crippen molar-refractivity contribution in [3.05, 3.63) is 63.8 Å². The fourth-order valence-electron chi connectivity index (χ4n) is 3.55. The number of esters is 1. The minimum absolute atomic E-state index is 0.190. The van der Waals surface area contributed by atoms with E-state index in [1.165, 1.54) is 20.3 Å². The number of nitrogens with one attached hydrogen (secondary N) is 3. The van der Waals surface area contributed by atoms with Crippen molar-refractivity contribution in [2.45, 2.75) is 19.9 Å². The Bertz CT molecular complexity index is 1130. The minimum Gasteiger partial charge on any atom is -0.493 e. The molecule has 174 valence electrons. The fraction of sp³-hybridized carbons (Fsp3) is 0.261. The van der Waals surface area contributed by atoms with Crippen molar-refractivity contribution < 1.29 is 28.6 Å². The van der Waals surface area contributed by atoms with Gasteiger partial charge in [-0.15, -0.1) is 0 Å². The number of benzene rings is 2. The van der Waals surface area contributed by atoms with Crippen LogP contribution in [0.15, 0.2) is 47.7 Å². The highest BCUT2D eigenvalue weighted by molar-refractivity contribution is 6.31. The van der Waals surface area contributed by atoms with Gasteiger partial charge in [0, 0.05) is 22.3 Å². The van der Waals surface area contributed by atoms with Gasteiger partial charge in [0.25, 0.3) is 5.91 Å². The van der Waals surface area contributed by atoms with Crippen LogP contribution in [0.4, 0.5) is 10.5 Å². The molecule has 33 heavy (non-hydrogen) atoms. The summed E-state index contributed by atoms with van der Waals surface area (Å²) >= 11 is 6.29. The molecule has 2 aromatic rings. The van der Waals surface area contributed by atoms with Gasteiger partial charge in [-0.2, -0.15) is 0 Å². The first-order chi connectivity index (χ1) is 15.8. The Morgan fingerprint density at radius 1 is 1.18 bits per heavy atom. The number of urea groups is 1. The molecule has 0 aromatic heterocycles. The lowest BCUT2D eigenvalue weighted by Gasteiger charge is -2.30. The molecule has 3 amide bonds. The van der Waals surface area contributed by atoms with E-state index in [-0.39, 0.29) is 16.8 Å². The van der Waals surface area contributed by atoms with E-state index in [2.05, 4.69) is 16.0 Å². The molecule has 9 nitrogen and oxygen atoms in total. The van der Waals surface area contributed by atoms with Gasteiger partial charge in [0.2, 0.25) is 0 Å². The predicted octanol–water partition coefficient (Wildman–Crippen LogP) is 3.80. The minimum atomic E-state index is -0.904. The van der Waals surface area contributed by atoms with Gasteiger partial charge in [0.05, 0.1) is 43.7 Å². The normalized spacial score (nSPS) is 15.3. The number of hydrogen-bond acceptors (Lipinski definition) is 6. The summed E-state index contributed by atoms with van der Waals surface area (Å²) in [5.74, 6) is -0.422. The van der Waals surface area contributed by atoms with Crippen LogP contribution in [0.3, 0.4) is 0 Å². The van der Waals surface area contributed by atoms with Crippen molar-refractivity contribution in [3.63, 3.8) is 0 Å². The maximum Gasteiger partial charge on any atom is 0.339 e. The lowest BCUT2D eigenvalue weighted by Crippen LogP contribution is -2.46. The Labute approximate surface area is 196 Å². The molecule has 2 aromatic carbocycles. The van der Waals surface area contributed by atoms with Gasteiger partial charge < -0.3 is 30.2 Å². The molecule has 1 atom stereocenters. The smallest absolute Gasteiger partial charge is 0.339 e. The van der Waals surface area contributed by atoms with E-state index in [1.54, 1.807) is 44.2 Å². The average Bonchev–Trinajstić information content (AvgIpc) is 2.79. The topological polar surface area (TPSA) is 115 Å². The molecule has 1 aliphatic heterocycles. The van der Waals surface area contributed by atoms with Gasteiger partial charge in [-0.05, 0) is 32.0 Å². The number of rotatable bonds is 7. The molecular weight excluding hydrogens is 450 g/mol. The highest BCUT2D eigenvalue weighted by atomic mass is 35.5. The second-order valence-electron chi connectivity index (χ2n) is 7.02. The zero-order valence-electron chi connectivity index (χ0n) is 18.6. The standard InChI is InChI=1S/C23H24ClN3O6/c1-5-33-20-15(10-13(24)11-17(20)31-3)19-18(12(2)25-23(30)27-19)21(28)26-16-9-7-6-8-14(16)22(29)32-4/h6-11,19H,5H2,1-4H3,(H,26,28)(H2,25,27,30)/t19-/m0/s1. The molecule has 0 radical (unpaired) electrons. The Hall–Kier alpha value is -3.72. The third-order valence-electron chi connectivity index (χ3n) is 4.96. The summed E-state index contributed by atoms with van der Waals surface area (Å²) in [5.41, 5.74) is 1.44. The van der Waals surface area contributed by atoms with Gasteiger partial charge in [0.1, 0.15) is 0 Å². The Morgan fingerprint density at radius 2 is 1.91 bits per heavy atom. The van der Waals surface area contributed by atoms with Gasteiger partial charge in [-0.3, -0.25) is 4.79 Å². The number of anilines is 1. The number of carbonyl (C=O) groups is 3. The zero-order chi connectivity index (χ0) is 24.1. The molecule has 3 rings (SSSR count). The second kappa shape index (κ2) is 10.3. The van der Waals surface area contributed by atoms with Crippen LogP contribution in [0.1, 0.15) is 35.8 Å². The Balaban J connectivity index is 2.09. The van der Waals surface area contributed by atoms with Gasteiger partial charge in [0.15, 0.2) is 11.5 Å². The summed E-state index contributed by atoms with van der Waals surface area (Å²) in [6, 6.07) is 8.24. The number of hydrogen-bond donors (Lipinski definition) is 3. The molecule has 0 aliphatic carbocycles. The Morgan fingerprint density at radius 3 is 2.58 bits per heavy atom. The molecule has 0 spiro atoms. The van der Waals surface area contributed by atoms with Crippen LogP contribution < -0.4 is 25.4 Å². The third kappa shape index (κ3) is 5.04. The highest BCUT2D eigenvalue weighted by Gasteiger charge is 2.34. The first kappa shape index (κ1) is 23.9. The first-order valence-electron chi connectivity index (χ1n) is 10.1. The number of halogens is 1. The molecular formula is C23H24ClN3O6. The summed E-state index contributed by atoms with van der Waals surface area (Å²) in [4.78, 5) is 37.9. The first-order valence-corrected chi connectivity index (χ1v) is 10.5. The van der Waals surface area contributed by atoms with Crippen LogP contribution in [-0.4, -0.2) is 38.7 Å². The van der Waals surface area contributed by atoms with E-state index in [4.69, 9.17) is 25.8 Å².